The van der Waals surface area contributed by atoms with Gasteiger partial charge in [-0.15, -0.1) is 0 Å². The fourth-order valence-corrected chi connectivity index (χ4v) is 0.348. The Morgan fingerprint density at radius 2 is 1.42 bits per heavy atom. The van der Waals surface area contributed by atoms with E-state index in [-0.39, 0.29) is 5.95 Å². The number of hydrogen-bond acceptors (Lipinski definition) is 5. The second kappa shape index (κ2) is 5.31. The van der Waals surface area contributed by atoms with E-state index < -0.39 is 0 Å². The number of nitrogen functional groups attached to an aromatic ring is 2. The van der Waals surface area contributed by atoms with Gasteiger partial charge in [0.05, 0.1) is 18.1 Å². The lowest BCUT2D eigenvalue weighted by atomic mass is 10.6. The van der Waals surface area contributed by atoms with Crippen LogP contribution >= 0.6 is 0 Å². The van der Waals surface area contributed by atoms with E-state index >= 15 is 0 Å². The van der Waals surface area contributed by atoms with Crippen molar-refractivity contribution < 1.29 is 0 Å². The molecule has 0 amide bonds. The molecule has 1 rings (SSSR count). The van der Waals surface area contributed by atoms with E-state index in [1.807, 2.05) is 26.0 Å². The Kier molecular flexibility index (Phi) is 4.71. The molecular weight excluding hydrogens is 154 g/mol. The summed E-state index contributed by atoms with van der Waals surface area (Å²) in [5.41, 5.74) is 10.9. The van der Waals surface area contributed by atoms with Crippen LogP contribution in [0.15, 0.2) is 12.4 Å². The first-order valence-corrected chi connectivity index (χ1v) is 3.46. The summed E-state index contributed by atoms with van der Waals surface area (Å²) in [6, 6.07) is 0. The highest BCUT2D eigenvalue weighted by Crippen LogP contribution is 1.94. The van der Waals surface area contributed by atoms with E-state index in [0.717, 1.165) is 0 Å². The van der Waals surface area contributed by atoms with E-state index in [9.17, 15) is 0 Å². The summed E-state index contributed by atoms with van der Waals surface area (Å²) in [5, 5.41) is 0. The Balaban J connectivity index is 0.000000261. The molecule has 1 aromatic heterocycles. The fraction of sp³-hybridized carbons (Fsp3) is 0.429. The van der Waals surface area contributed by atoms with Gasteiger partial charge in [-0.2, -0.15) is 0 Å². The lowest BCUT2D eigenvalue weighted by Crippen LogP contribution is -1.99. The minimum absolute atomic E-state index is 0.249. The highest BCUT2D eigenvalue weighted by atomic mass is 15.0. The molecule has 68 valence electrons. The van der Waals surface area contributed by atoms with Crippen molar-refractivity contribution in [1.29, 1.82) is 0 Å². The van der Waals surface area contributed by atoms with Crippen molar-refractivity contribution in [2.24, 2.45) is 0 Å². The molecule has 0 bridgehead atoms. The van der Waals surface area contributed by atoms with Crippen LogP contribution in [0.1, 0.15) is 0 Å². The number of hydrogen-bond donors (Lipinski definition) is 2. The molecule has 0 saturated heterocycles. The molecular formula is C7H15N5. The number of rotatable bonds is 0. The number of nitrogens with zero attached hydrogens (tertiary/aromatic N) is 3. The van der Waals surface area contributed by atoms with Crippen molar-refractivity contribution in [3.8, 4) is 0 Å². The van der Waals surface area contributed by atoms with Crippen molar-refractivity contribution in [2.75, 3.05) is 32.6 Å². The molecule has 1 aromatic rings. The van der Waals surface area contributed by atoms with Crippen molar-refractivity contribution in [1.82, 2.24) is 14.9 Å². The predicted octanol–water partition coefficient (Wildman–Crippen LogP) is -0.181. The van der Waals surface area contributed by atoms with E-state index in [1.165, 1.54) is 12.4 Å². The van der Waals surface area contributed by atoms with Gasteiger partial charge < -0.3 is 16.4 Å². The molecule has 4 N–H and O–H groups in total. The van der Waals surface area contributed by atoms with Gasteiger partial charge in [0, 0.05) is 0 Å². The molecule has 5 heteroatoms. The summed E-state index contributed by atoms with van der Waals surface area (Å²) in [5.74, 6) is 0.249. The maximum absolute atomic E-state index is 5.25. The standard InChI is InChI=1S/C4H6N4.C3H9N/c5-3-1-7-4(6)8-2-3;1-4(2)3/h1-2H,5H2,(H2,6,7,8);1-3H3. The van der Waals surface area contributed by atoms with Gasteiger partial charge in [-0.05, 0) is 21.1 Å². The number of anilines is 2. The second-order valence-electron chi connectivity index (χ2n) is 2.72. The molecule has 12 heavy (non-hydrogen) atoms. The van der Waals surface area contributed by atoms with Crippen molar-refractivity contribution in [3.63, 3.8) is 0 Å². The van der Waals surface area contributed by atoms with Crippen LogP contribution < -0.4 is 11.5 Å². The molecule has 0 fully saturated rings. The molecule has 0 aliphatic carbocycles. The summed E-state index contributed by atoms with van der Waals surface area (Å²) >= 11 is 0. The smallest absolute Gasteiger partial charge is 0.220 e. The van der Waals surface area contributed by atoms with Crippen molar-refractivity contribution in [2.45, 2.75) is 0 Å². The maximum atomic E-state index is 5.25. The van der Waals surface area contributed by atoms with E-state index in [0.29, 0.717) is 5.69 Å². The van der Waals surface area contributed by atoms with E-state index in [2.05, 4.69) is 9.97 Å². The molecule has 0 aromatic carbocycles. The first-order valence-electron chi connectivity index (χ1n) is 3.46. The van der Waals surface area contributed by atoms with Crippen molar-refractivity contribution in [3.05, 3.63) is 12.4 Å². The Morgan fingerprint density at radius 3 is 1.67 bits per heavy atom. The van der Waals surface area contributed by atoms with Crippen molar-refractivity contribution >= 4 is 11.6 Å². The third-order valence-corrected chi connectivity index (χ3v) is 0.692. The molecule has 0 spiro atoms. The molecule has 0 aliphatic heterocycles. The highest BCUT2D eigenvalue weighted by molar-refractivity contribution is 5.33. The Labute approximate surface area is 72.4 Å². The van der Waals surface area contributed by atoms with Gasteiger partial charge in [0.15, 0.2) is 0 Å². The van der Waals surface area contributed by atoms with Crippen LogP contribution in [0.5, 0.6) is 0 Å². The third-order valence-electron chi connectivity index (χ3n) is 0.692. The molecule has 0 aliphatic rings. The Morgan fingerprint density at radius 1 is 1.08 bits per heavy atom. The van der Waals surface area contributed by atoms with Gasteiger partial charge in [-0.3, -0.25) is 0 Å². The summed E-state index contributed by atoms with van der Waals surface area (Å²) in [6.07, 6.45) is 2.92. The van der Waals surface area contributed by atoms with Gasteiger partial charge in [-0.25, -0.2) is 9.97 Å². The van der Waals surface area contributed by atoms with Crippen LogP contribution in [-0.2, 0) is 0 Å². The largest absolute Gasteiger partial charge is 0.396 e. The normalized spacial score (nSPS) is 9.00. The lowest BCUT2D eigenvalue weighted by Gasteiger charge is -1.90. The second-order valence-corrected chi connectivity index (χ2v) is 2.72. The molecule has 1 heterocycles. The van der Waals surface area contributed by atoms with Gasteiger partial charge >= 0.3 is 0 Å². The zero-order valence-corrected chi connectivity index (χ0v) is 7.65. The quantitative estimate of drug-likeness (QED) is 0.563. The van der Waals surface area contributed by atoms with Gasteiger partial charge in [0.2, 0.25) is 5.95 Å². The average molecular weight is 169 g/mol. The van der Waals surface area contributed by atoms with Crippen LogP contribution in [0.3, 0.4) is 0 Å². The van der Waals surface area contributed by atoms with Gasteiger partial charge in [0.25, 0.3) is 0 Å². The van der Waals surface area contributed by atoms with Gasteiger partial charge in [-0.1, -0.05) is 0 Å². The summed E-state index contributed by atoms with van der Waals surface area (Å²) < 4.78 is 0. The van der Waals surface area contributed by atoms with Gasteiger partial charge in [0.1, 0.15) is 0 Å². The predicted molar refractivity (Wildman–Crippen MR) is 50.5 cm³/mol. The van der Waals surface area contributed by atoms with Crippen LogP contribution in [0, 0.1) is 0 Å². The maximum Gasteiger partial charge on any atom is 0.220 e. The van der Waals surface area contributed by atoms with Crippen LogP contribution in [-0.4, -0.2) is 36.0 Å². The van der Waals surface area contributed by atoms with E-state index in [4.69, 9.17) is 11.5 Å². The lowest BCUT2D eigenvalue weighted by molar-refractivity contribution is 0.505. The molecule has 0 saturated carbocycles. The third kappa shape index (κ3) is 6.76. The first kappa shape index (κ1) is 10.6. The summed E-state index contributed by atoms with van der Waals surface area (Å²) in [6.45, 7) is 0. The molecule has 5 nitrogen and oxygen atoms in total. The SMILES string of the molecule is CN(C)C.Nc1cnc(N)nc1. The molecule has 0 atom stereocenters. The number of aromatic nitrogens is 2. The van der Waals surface area contributed by atoms with Crippen LogP contribution in [0.4, 0.5) is 11.6 Å². The minimum atomic E-state index is 0.249. The topological polar surface area (TPSA) is 81.1 Å². The number of nitrogens with two attached hydrogens (primary N) is 2. The minimum Gasteiger partial charge on any atom is -0.396 e. The molecule has 0 unspecified atom stereocenters. The zero-order chi connectivity index (χ0) is 9.56. The Hall–Kier alpha value is -1.36. The zero-order valence-electron chi connectivity index (χ0n) is 7.65. The average Bonchev–Trinajstić information content (AvgIpc) is 1.94. The Bertz CT molecular complexity index is 182. The fourth-order valence-electron chi connectivity index (χ4n) is 0.348. The monoisotopic (exact) mass is 169 g/mol. The highest BCUT2D eigenvalue weighted by Gasteiger charge is 1.83. The first-order chi connectivity index (χ1) is 5.52. The summed E-state index contributed by atoms with van der Waals surface area (Å²) in [4.78, 5) is 9.24. The van der Waals surface area contributed by atoms with Crippen LogP contribution in [0.25, 0.3) is 0 Å². The summed E-state index contributed by atoms with van der Waals surface area (Å²) in [7, 11) is 6.00. The molecule has 0 radical (unpaired) electrons. The van der Waals surface area contributed by atoms with Crippen LogP contribution in [0.2, 0.25) is 0 Å². The van der Waals surface area contributed by atoms with E-state index in [1.54, 1.807) is 0 Å².